The van der Waals surface area contributed by atoms with Crippen molar-refractivity contribution in [3.63, 3.8) is 0 Å². The van der Waals surface area contributed by atoms with Crippen LogP contribution < -0.4 is 5.32 Å². The van der Waals surface area contributed by atoms with Gasteiger partial charge in [-0.25, -0.2) is 0 Å². The van der Waals surface area contributed by atoms with Gasteiger partial charge < -0.3 is 5.32 Å². The molecule has 3 fully saturated rings. The largest absolute Gasteiger partial charge is 0.310 e. The molecule has 0 aliphatic heterocycles. The van der Waals surface area contributed by atoms with Crippen molar-refractivity contribution in [2.24, 2.45) is 16.7 Å². The van der Waals surface area contributed by atoms with Crippen LogP contribution in [0.25, 0.3) is 0 Å². The zero-order valence-corrected chi connectivity index (χ0v) is 13.0. The van der Waals surface area contributed by atoms with Gasteiger partial charge in [0.1, 0.15) is 0 Å². The molecule has 0 amide bonds. The second-order valence-electron chi connectivity index (χ2n) is 8.37. The maximum atomic E-state index is 4.06. The van der Waals surface area contributed by atoms with E-state index in [1.807, 2.05) is 0 Å². The third kappa shape index (κ3) is 1.79. The highest BCUT2D eigenvalue weighted by Gasteiger charge is 2.60. The molecule has 3 saturated carbocycles. The van der Waals surface area contributed by atoms with Gasteiger partial charge in [-0.3, -0.25) is 0 Å². The van der Waals surface area contributed by atoms with Gasteiger partial charge in [0.05, 0.1) is 0 Å². The van der Waals surface area contributed by atoms with Crippen LogP contribution in [0, 0.1) is 16.7 Å². The second kappa shape index (κ2) is 4.10. The zero-order chi connectivity index (χ0) is 14.0. The Bertz CT molecular complexity index is 501. The lowest BCUT2D eigenvalue weighted by atomic mass is 9.68. The van der Waals surface area contributed by atoms with Crippen LogP contribution in [0.2, 0.25) is 0 Å². The van der Waals surface area contributed by atoms with Crippen LogP contribution in [0.3, 0.4) is 0 Å². The first-order valence-electron chi connectivity index (χ1n) is 8.32. The number of rotatable bonds is 3. The fourth-order valence-corrected chi connectivity index (χ4v) is 5.38. The van der Waals surface area contributed by atoms with Gasteiger partial charge in [0.2, 0.25) is 0 Å². The van der Waals surface area contributed by atoms with Crippen LogP contribution in [0.5, 0.6) is 0 Å². The molecule has 1 nitrogen and oxygen atoms in total. The van der Waals surface area contributed by atoms with Crippen LogP contribution >= 0.6 is 0 Å². The van der Waals surface area contributed by atoms with Gasteiger partial charge in [-0.05, 0) is 48.0 Å². The van der Waals surface area contributed by atoms with Crippen molar-refractivity contribution >= 4 is 0 Å². The Labute approximate surface area is 123 Å². The topological polar surface area (TPSA) is 12.0 Å². The Morgan fingerprint density at radius 1 is 1.10 bits per heavy atom. The molecule has 1 aromatic rings. The third-order valence-electron chi connectivity index (χ3n) is 6.67. The first-order chi connectivity index (χ1) is 9.51. The molecule has 0 saturated heterocycles. The lowest BCUT2D eigenvalue weighted by Crippen LogP contribution is -2.51. The lowest BCUT2D eigenvalue weighted by Gasteiger charge is -2.43. The molecule has 1 N–H and O–H groups in total. The Hall–Kier alpha value is -0.820. The lowest BCUT2D eigenvalue weighted by molar-refractivity contribution is 0.107. The van der Waals surface area contributed by atoms with Gasteiger partial charge in [0.15, 0.2) is 0 Å². The van der Waals surface area contributed by atoms with Crippen LogP contribution in [0.1, 0.15) is 57.9 Å². The predicted octanol–water partition coefficient (Wildman–Crippen LogP) is 4.35. The number of hydrogen-bond acceptors (Lipinski definition) is 1. The molecule has 0 aromatic heterocycles. The SMILES string of the molecule is CC1(C)C(NC2CC2c2ccccc2)[C@]2(C)CC[C@H]1C2. The molecule has 3 aliphatic rings. The fourth-order valence-electron chi connectivity index (χ4n) is 5.38. The van der Waals surface area contributed by atoms with Gasteiger partial charge in [0, 0.05) is 18.0 Å². The van der Waals surface area contributed by atoms with Gasteiger partial charge in [0.25, 0.3) is 0 Å². The highest BCUT2D eigenvalue weighted by atomic mass is 15.1. The van der Waals surface area contributed by atoms with Gasteiger partial charge in [-0.15, -0.1) is 0 Å². The maximum Gasteiger partial charge on any atom is 0.0178 e. The molecular weight excluding hydrogens is 242 g/mol. The molecule has 0 radical (unpaired) electrons. The van der Waals surface area contributed by atoms with Crippen LogP contribution in [0.15, 0.2) is 30.3 Å². The van der Waals surface area contributed by atoms with E-state index in [0.29, 0.717) is 16.9 Å². The molecule has 3 aliphatic carbocycles. The van der Waals surface area contributed by atoms with Gasteiger partial charge in [-0.2, -0.15) is 0 Å². The maximum absolute atomic E-state index is 4.06. The number of fused-ring (bicyclic) bond motifs is 2. The fraction of sp³-hybridized carbons (Fsp3) is 0.684. The van der Waals surface area contributed by atoms with Gasteiger partial charge >= 0.3 is 0 Å². The van der Waals surface area contributed by atoms with E-state index in [9.17, 15) is 0 Å². The molecule has 0 spiro atoms. The molecule has 4 rings (SSSR count). The molecule has 0 heterocycles. The predicted molar refractivity (Wildman–Crippen MR) is 83.7 cm³/mol. The second-order valence-corrected chi connectivity index (χ2v) is 8.37. The summed E-state index contributed by atoms with van der Waals surface area (Å²) in [5.41, 5.74) is 2.56. The normalized spacial score (nSPS) is 44.8. The Kier molecular flexibility index (Phi) is 2.64. The minimum atomic E-state index is 0.483. The van der Waals surface area contributed by atoms with E-state index in [0.717, 1.165) is 17.9 Å². The minimum Gasteiger partial charge on any atom is -0.310 e. The van der Waals surface area contributed by atoms with E-state index in [4.69, 9.17) is 0 Å². The van der Waals surface area contributed by atoms with E-state index >= 15 is 0 Å². The van der Waals surface area contributed by atoms with Crippen molar-refractivity contribution < 1.29 is 0 Å². The van der Waals surface area contributed by atoms with Crippen molar-refractivity contribution in [3.8, 4) is 0 Å². The van der Waals surface area contributed by atoms with E-state index < -0.39 is 0 Å². The minimum absolute atomic E-state index is 0.483. The number of benzene rings is 1. The summed E-state index contributed by atoms with van der Waals surface area (Å²) in [7, 11) is 0. The summed E-state index contributed by atoms with van der Waals surface area (Å²) in [5.74, 6) is 1.70. The van der Waals surface area contributed by atoms with E-state index in [2.05, 4.69) is 56.4 Å². The summed E-state index contributed by atoms with van der Waals surface area (Å²) < 4.78 is 0. The third-order valence-corrected chi connectivity index (χ3v) is 6.67. The first-order valence-corrected chi connectivity index (χ1v) is 8.32. The molecular formula is C19H27N. The van der Waals surface area contributed by atoms with Gasteiger partial charge in [-0.1, -0.05) is 51.1 Å². The summed E-state index contributed by atoms with van der Waals surface area (Å²) in [4.78, 5) is 0. The molecule has 1 aromatic carbocycles. The van der Waals surface area contributed by atoms with Crippen molar-refractivity contribution in [1.82, 2.24) is 5.32 Å². The van der Waals surface area contributed by atoms with Crippen molar-refractivity contribution in [2.75, 3.05) is 0 Å². The molecule has 108 valence electrons. The summed E-state index contributed by atoms with van der Waals surface area (Å²) in [6, 6.07) is 12.5. The Balaban J connectivity index is 1.48. The van der Waals surface area contributed by atoms with Crippen molar-refractivity contribution in [1.29, 1.82) is 0 Å². The van der Waals surface area contributed by atoms with Crippen molar-refractivity contribution in [2.45, 2.75) is 64.5 Å². The zero-order valence-electron chi connectivity index (χ0n) is 13.0. The number of nitrogens with one attached hydrogen (secondary N) is 1. The molecule has 3 unspecified atom stereocenters. The highest BCUT2D eigenvalue weighted by Crippen LogP contribution is 2.63. The van der Waals surface area contributed by atoms with Crippen molar-refractivity contribution in [3.05, 3.63) is 35.9 Å². The summed E-state index contributed by atoms with van der Waals surface area (Å²) in [6.07, 6.45) is 5.66. The van der Waals surface area contributed by atoms with Crippen LogP contribution in [-0.4, -0.2) is 12.1 Å². The molecule has 20 heavy (non-hydrogen) atoms. The van der Waals surface area contributed by atoms with Crippen LogP contribution in [0.4, 0.5) is 0 Å². The van der Waals surface area contributed by atoms with Crippen LogP contribution in [-0.2, 0) is 0 Å². The van der Waals surface area contributed by atoms with E-state index in [-0.39, 0.29) is 0 Å². The summed E-state index contributed by atoms with van der Waals surface area (Å²) >= 11 is 0. The molecule has 5 atom stereocenters. The van der Waals surface area contributed by atoms with E-state index in [1.165, 1.54) is 31.2 Å². The Morgan fingerprint density at radius 3 is 2.50 bits per heavy atom. The summed E-state index contributed by atoms with van der Waals surface area (Å²) in [5, 5.41) is 4.06. The highest BCUT2D eigenvalue weighted by molar-refractivity contribution is 5.28. The Morgan fingerprint density at radius 2 is 1.85 bits per heavy atom. The first kappa shape index (κ1) is 12.9. The molecule has 2 bridgehead atoms. The number of hydrogen-bond donors (Lipinski definition) is 1. The van der Waals surface area contributed by atoms with E-state index in [1.54, 1.807) is 0 Å². The smallest absolute Gasteiger partial charge is 0.0178 e. The average Bonchev–Trinajstić information content (AvgIpc) is 3.05. The summed E-state index contributed by atoms with van der Waals surface area (Å²) in [6.45, 7) is 7.53. The molecule has 1 heteroatoms. The average molecular weight is 269 g/mol. The quantitative estimate of drug-likeness (QED) is 0.860. The monoisotopic (exact) mass is 269 g/mol. The standard InChI is InChI=1S/C19H27N/c1-18(2)14-9-10-19(3,12-14)17(18)20-16-11-15(16)13-7-5-4-6-8-13/h4-8,14-17,20H,9-12H2,1-3H3/t14-,15?,16?,17?,19+/m0/s1.